The van der Waals surface area contributed by atoms with Crippen molar-refractivity contribution in [3.63, 3.8) is 0 Å². The van der Waals surface area contributed by atoms with Gasteiger partial charge < -0.3 is 31.1 Å². The lowest BCUT2D eigenvalue weighted by Gasteiger charge is -2.37. The van der Waals surface area contributed by atoms with Crippen LogP contribution in [-0.4, -0.2) is 55.0 Å². The van der Waals surface area contributed by atoms with Gasteiger partial charge >= 0.3 is 0 Å². The van der Waals surface area contributed by atoms with E-state index in [1.165, 1.54) is 25.7 Å². The Balaban J connectivity index is 0.954. The maximum absolute atomic E-state index is 13.3. The van der Waals surface area contributed by atoms with Crippen molar-refractivity contribution in [2.75, 3.05) is 38.0 Å². The fraction of sp³-hybridized carbons (Fsp3) is 0.395. The first-order valence-electron chi connectivity index (χ1n) is 18.5. The molecule has 1 fully saturated rings. The Morgan fingerprint density at radius 2 is 1.47 bits per heavy atom. The van der Waals surface area contributed by atoms with E-state index in [9.17, 15) is 14.7 Å². The zero-order chi connectivity index (χ0) is 35.7. The molecule has 2 amide bonds. The van der Waals surface area contributed by atoms with Crippen LogP contribution in [0.4, 0.5) is 5.69 Å². The fourth-order valence-corrected chi connectivity index (χ4v) is 7.53. The second kappa shape index (κ2) is 19.8. The highest BCUT2D eigenvalue weighted by molar-refractivity contribution is 5.91. The number of carbonyl (C=O) groups excluding carboxylic acids is 2. The van der Waals surface area contributed by atoms with Crippen LogP contribution in [0.3, 0.4) is 0 Å². The number of primary amides is 1. The third-order valence-corrected chi connectivity index (χ3v) is 10.2. The number of nitrogens with one attached hydrogen (secondary N) is 2. The van der Waals surface area contributed by atoms with Gasteiger partial charge in [0, 0.05) is 13.1 Å². The summed E-state index contributed by atoms with van der Waals surface area (Å²) in [4.78, 5) is 27.0. The lowest BCUT2D eigenvalue weighted by atomic mass is 9.64. The molecule has 2 atom stereocenters. The minimum Gasteiger partial charge on any atom is -0.487 e. The Morgan fingerprint density at radius 1 is 0.863 bits per heavy atom. The number of nitrogens with zero attached hydrogens (tertiary/aromatic N) is 1. The number of aliphatic hydroxyl groups is 1. The van der Waals surface area contributed by atoms with Gasteiger partial charge in [-0.25, -0.2) is 0 Å². The Kier molecular flexibility index (Phi) is 14.6. The number of likely N-dealkylation sites (tertiary alicyclic amines) is 1. The summed E-state index contributed by atoms with van der Waals surface area (Å²) in [5, 5.41) is 16.8. The van der Waals surface area contributed by atoms with E-state index in [2.05, 4.69) is 39.8 Å². The highest BCUT2D eigenvalue weighted by atomic mass is 16.5. The SMILES string of the molecule is NC(=O)C(c1ccccc1)(c1ccccc1)[C@@H]1CCN(CCCCCCCCCNC[C@@H](O)c2ccc(OCc3ccccc3)c(NC=O)c2)C1. The quantitative estimate of drug-likeness (QED) is 0.0523. The molecule has 8 heteroatoms. The van der Waals surface area contributed by atoms with E-state index in [0.717, 1.165) is 74.1 Å². The molecule has 0 aromatic heterocycles. The van der Waals surface area contributed by atoms with Gasteiger partial charge in [0.2, 0.25) is 12.3 Å². The van der Waals surface area contributed by atoms with Crippen molar-refractivity contribution in [3.8, 4) is 5.75 Å². The van der Waals surface area contributed by atoms with Crippen molar-refractivity contribution < 1.29 is 19.4 Å². The zero-order valence-corrected chi connectivity index (χ0v) is 29.7. The van der Waals surface area contributed by atoms with Gasteiger partial charge in [0.1, 0.15) is 17.8 Å². The summed E-state index contributed by atoms with van der Waals surface area (Å²) in [5.41, 5.74) is 9.70. The van der Waals surface area contributed by atoms with E-state index in [1.807, 2.05) is 72.8 Å². The van der Waals surface area contributed by atoms with Gasteiger partial charge in [0.25, 0.3) is 0 Å². The number of carbonyl (C=O) groups is 2. The molecule has 4 aromatic rings. The maximum Gasteiger partial charge on any atom is 0.232 e. The van der Waals surface area contributed by atoms with Crippen molar-refractivity contribution >= 4 is 18.0 Å². The first kappa shape index (κ1) is 37.7. The van der Waals surface area contributed by atoms with Gasteiger partial charge in [-0.1, -0.05) is 129 Å². The van der Waals surface area contributed by atoms with Crippen LogP contribution >= 0.6 is 0 Å². The second-order valence-electron chi connectivity index (χ2n) is 13.7. The molecule has 5 N–H and O–H groups in total. The van der Waals surface area contributed by atoms with Crippen LogP contribution in [0, 0.1) is 5.92 Å². The number of amides is 2. The van der Waals surface area contributed by atoms with E-state index in [1.54, 1.807) is 12.1 Å². The van der Waals surface area contributed by atoms with Crippen molar-refractivity contribution in [2.24, 2.45) is 11.7 Å². The minimum absolute atomic E-state index is 0.136. The largest absolute Gasteiger partial charge is 0.487 e. The van der Waals surface area contributed by atoms with Crippen molar-refractivity contribution in [1.82, 2.24) is 10.2 Å². The summed E-state index contributed by atoms with van der Waals surface area (Å²) in [5.74, 6) is 0.432. The van der Waals surface area contributed by atoms with Crippen LogP contribution in [0.25, 0.3) is 0 Å². The monoisotopic (exact) mass is 690 g/mol. The maximum atomic E-state index is 13.3. The molecule has 0 spiro atoms. The number of hydrogen-bond acceptors (Lipinski definition) is 6. The third-order valence-electron chi connectivity index (χ3n) is 10.2. The number of nitrogens with two attached hydrogens (primary N) is 1. The average molecular weight is 691 g/mol. The molecule has 1 heterocycles. The molecule has 5 rings (SSSR count). The summed E-state index contributed by atoms with van der Waals surface area (Å²) in [6, 6.07) is 35.4. The van der Waals surface area contributed by atoms with Gasteiger partial charge in [-0.15, -0.1) is 0 Å². The van der Waals surface area contributed by atoms with Crippen LogP contribution in [0.15, 0.2) is 109 Å². The molecule has 270 valence electrons. The number of unbranched alkanes of at least 4 members (excludes halogenated alkanes) is 6. The Bertz CT molecular complexity index is 1580. The van der Waals surface area contributed by atoms with Gasteiger partial charge in [-0.3, -0.25) is 9.59 Å². The van der Waals surface area contributed by atoms with Gasteiger partial charge in [0.15, 0.2) is 0 Å². The Morgan fingerprint density at radius 3 is 2.10 bits per heavy atom. The van der Waals surface area contributed by atoms with Crippen molar-refractivity contribution in [1.29, 1.82) is 0 Å². The molecular formula is C43H54N4O4. The van der Waals surface area contributed by atoms with Crippen molar-refractivity contribution in [2.45, 2.75) is 69.5 Å². The summed E-state index contributed by atoms with van der Waals surface area (Å²) < 4.78 is 5.92. The third kappa shape index (κ3) is 10.3. The topological polar surface area (TPSA) is 117 Å². The summed E-state index contributed by atoms with van der Waals surface area (Å²) in [7, 11) is 0. The molecule has 8 nitrogen and oxygen atoms in total. The highest BCUT2D eigenvalue weighted by Gasteiger charge is 2.49. The smallest absolute Gasteiger partial charge is 0.232 e. The summed E-state index contributed by atoms with van der Waals surface area (Å²) in [6.45, 7) is 4.61. The normalized spacial score (nSPS) is 15.4. The Labute approximate surface area is 303 Å². The summed E-state index contributed by atoms with van der Waals surface area (Å²) in [6.07, 6.45) is 9.14. The first-order chi connectivity index (χ1) is 25.0. The molecule has 4 aromatic carbocycles. The molecule has 0 saturated carbocycles. The van der Waals surface area contributed by atoms with Crippen LogP contribution < -0.4 is 21.1 Å². The predicted molar refractivity (Wildman–Crippen MR) is 204 cm³/mol. The van der Waals surface area contributed by atoms with Gasteiger partial charge in [-0.2, -0.15) is 0 Å². The van der Waals surface area contributed by atoms with E-state index >= 15 is 0 Å². The van der Waals surface area contributed by atoms with Crippen LogP contribution in [0.1, 0.15) is 79.7 Å². The van der Waals surface area contributed by atoms with Crippen LogP contribution in [0.5, 0.6) is 5.75 Å². The van der Waals surface area contributed by atoms with Crippen LogP contribution in [0.2, 0.25) is 0 Å². The lowest BCUT2D eigenvalue weighted by molar-refractivity contribution is -0.123. The second-order valence-corrected chi connectivity index (χ2v) is 13.7. The molecule has 1 saturated heterocycles. The molecule has 0 aliphatic carbocycles. The standard InChI is InChI=1S/C43H54N4O4/c44-42(50)43(36-19-11-7-12-20-36,37-21-13-8-14-22-37)38-25-28-47(31-38)27-16-5-3-1-2-4-15-26-45-30-40(49)35-23-24-41(39(29-35)46-33-48)51-32-34-17-9-6-10-18-34/h6-14,17-24,29,33,38,40,45,49H,1-5,15-16,25-28,30-32H2,(H2,44,50)(H,46,48)/t38-,40-/m1/s1. The number of ether oxygens (including phenoxy) is 1. The molecule has 0 radical (unpaired) electrons. The number of rotatable bonds is 22. The van der Waals surface area contributed by atoms with Crippen LogP contribution in [-0.2, 0) is 21.6 Å². The Hall–Kier alpha value is -4.50. The molecule has 0 bridgehead atoms. The number of aliphatic hydroxyl groups excluding tert-OH is 1. The molecule has 1 aliphatic heterocycles. The number of hydrogen-bond donors (Lipinski definition) is 4. The van der Waals surface area contributed by atoms with Gasteiger partial charge in [0.05, 0.1) is 11.8 Å². The van der Waals surface area contributed by atoms with Crippen molar-refractivity contribution in [3.05, 3.63) is 131 Å². The lowest BCUT2D eigenvalue weighted by Crippen LogP contribution is -2.49. The zero-order valence-electron chi connectivity index (χ0n) is 29.7. The average Bonchev–Trinajstić information content (AvgIpc) is 3.63. The molecular weight excluding hydrogens is 636 g/mol. The summed E-state index contributed by atoms with van der Waals surface area (Å²) >= 11 is 0. The number of benzene rings is 4. The predicted octanol–water partition coefficient (Wildman–Crippen LogP) is 6.98. The minimum atomic E-state index is -0.827. The van der Waals surface area contributed by atoms with E-state index in [4.69, 9.17) is 10.5 Å². The van der Waals surface area contributed by atoms with E-state index in [0.29, 0.717) is 31.0 Å². The van der Waals surface area contributed by atoms with E-state index in [-0.39, 0.29) is 11.8 Å². The molecule has 1 aliphatic rings. The van der Waals surface area contributed by atoms with E-state index < -0.39 is 11.5 Å². The van der Waals surface area contributed by atoms with Gasteiger partial charge in [-0.05, 0) is 79.2 Å². The fourth-order valence-electron chi connectivity index (χ4n) is 7.53. The number of anilines is 1. The first-order valence-corrected chi connectivity index (χ1v) is 18.5. The molecule has 51 heavy (non-hydrogen) atoms. The highest BCUT2D eigenvalue weighted by Crippen LogP contribution is 2.43. The molecule has 0 unspecified atom stereocenters.